The van der Waals surface area contributed by atoms with E-state index in [-0.39, 0.29) is 5.91 Å². The highest BCUT2D eigenvalue weighted by atomic mass is 16.2. The van der Waals surface area contributed by atoms with E-state index in [4.69, 9.17) is 5.73 Å². The predicted molar refractivity (Wildman–Crippen MR) is 88.6 cm³/mol. The van der Waals surface area contributed by atoms with Crippen molar-refractivity contribution >= 4 is 17.3 Å². The van der Waals surface area contributed by atoms with Crippen LogP contribution in [-0.4, -0.2) is 24.5 Å². The molecule has 4 heteroatoms. The number of nitrogens with two attached hydrogens (primary N) is 1. The Morgan fingerprint density at radius 1 is 1.29 bits per heavy atom. The topological polar surface area (TPSA) is 58.4 Å². The summed E-state index contributed by atoms with van der Waals surface area (Å²) in [6.07, 6.45) is 4.83. The molecule has 1 aromatic carbocycles. The molecular weight excluding hydrogens is 262 g/mol. The summed E-state index contributed by atoms with van der Waals surface area (Å²) in [5, 5.41) is 3.00. The largest absolute Gasteiger partial charge is 0.372 e. The van der Waals surface area contributed by atoms with Gasteiger partial charge in [-0.25, -0.2) is 0 Å². The Bertz CT molecular complexity index is 493. The molecule has 1 amide bonds. The van der Waals surface area contributed by atoms with Crippen LogP contribution >= 0.6 is 0 Å². The third-order valence-electron chi connectivity index (χ3n) is 4.48. The third kappa shape index (κ3) is 3.76. The molecule has 1 aromatic rings. The molecule has 21 heavy (non-hydrogen) atoms. The molecule has 0 bridgehead atoms. The van der Waals surface area contributed by atoms with Crippen molar-refractivity contribution in [1.82, 2.24) is 0 Å². The third-order valence-corrected chi connectivity index (χ3v) is 4.48. The number of nitrogens with one attached hydrogen (secondary N) is 1. The van der Waals surface area contributed by atoms with Crippen LogP contribution in [0.15, 0.2) is 24.3 Å². The van der Waals surface area contributed by atoms with Gasteiger partial charge in [0.05, 0.1) is 5.54 Å². The van der Waals surface area contributed by atoms with Crippen LogP contribution in [0, 0.1) is 0 Å². The number of carbonyl (C=O) groups is 1. The summed E-state index contributed by atoms with van der Waals surface area (Å²) in [5.74, 6) is -0.0495. The summed E-state index contributed by atoms with van der Waals surface area (Å²) in [4.78, 5) is 14.6. The van der Waals surface area contributed by atoms with Gasteiger partial charge in [-0.2, -0.15) is 0 Å². The van der Waals surface area contributed by atoms with Crippen LogP contribution in [0.25, 0.3) is 0 Å². The lowest BCUT2D eigenvalue weighted by molar-refractivity contribution is -0.122. The lowest BCUT2D eigenvalue weighted by Crippen LogP contribution is -2.52. The Morgan fingerprint density at radius 3 is 2.57 bits per heavy atom. The van der Waals surface area contributed by atoms with E-state index >= 15 is 0 Å². The second-order valence-electron chi connectivity index (χ2n) is 6.43. The van der Waals surface area contributed by atoms with Crippen molar-refractivity contribution in [3.63, 3.8) is 0 Å². The van der Waals surface area contributed by atoms with Gasteiger partial charge in [0.15, 0.2) is 0 Å². The fourth-order valence-electron chi connectivity index (χ4n) is 2.77. The first kappa shape index (κ1) is 15.8. The molecule has 0 atom stereocenters. The Labute approximate surface area is 127 Å². The van der Waals surface area contributed by atoms with Gasteiger partial charge in [-0.15, -0.1) is 0 Å². The summed E-state index contributed by atoms with van der Waals surface area (Å²) >= 11 is 0. The van der Waals surface area contributed by atoms with Crippen LogP contribution in [0.4, 0.5) is 11.4 Å². The zero-order chi connectivity index (χ0) is 15.5. The van der Waals surface area contributed by atoms with E-state index < -0.39 is 5.54 Å². The number of rotatable bonds is 4. The van der Waals surface area contributed by atoms with Crippen molar-refractivity contribution in [2.24, 2.45) is 5.73 Å². The molecule has 116 valence electrons. The Kier molecular flexibility index (Phi) is 4.88. The maximum absolute atomic E-state index is 12.5. The van der Waals surface area contributed by atoms with Gasteiger partial charge in [0.1, 0.15) is 0 Å². The van der Waals surface area contributed by atoms with E-state index in [1.54, 1.807) is 0 Å². The molecule has 0 aromatic heterocycles. The number of benzene rings is 1. The van der Waals surface area contributed by atoms with E-state index in [0.717, 1.165) is 37.1 Å². The molecular formula is C17H27N3O. The van der Waals surface area contributed by atoms with Gasteiger partial charge < -0.3 is 16.0 Å². The highest BCUT2D eigenvalue weighted by Crippen LogP contribution is 2.28. The van der Waals surface area contributed by atoms with E-state index in [1.165, 1.54) is 6.42 Å². The smallest absolute Gasteiger partial charge is 0.244 e. The van der Waals surface area contributed by atoms with Gasteiger partial charge >= 0.3 is 0 Å². The maximum atomic E-state index is 12.5. The first-order chi connectivity index (χ1) is 9.92. The lowest BCUT2D eigenvalue weighted by Gasteiger charge is -2.32. The molecule has 0 saturated heterocycles. The zero-order valence-electron chi connectivity index (χ0n) is 13.4. The number of anilines is 2. The zero-order valence-corrected chi connectivity index (χ0v) is 13.4. The molecule has 1 saturated carbocycles. The van der Waals surface area contributed by atoms with E-state index in [9.17, 15) is 4.79 Å². The average molecular weight is 289 g/mol. The van der Waals surface area contributed by atoms with Crippen LogP contribution in [0.1, 0.15) is 46.0 Å². The van der Waals surface area contributed by atoms with Crippen molar-refractivity contribution in [1.29, 1.82) is 0 Å². The fraction of sp³-hybridized carbons (Fsp3) is 0.588. The minimum atomic E-state index is -0.696. The van der Waals surface area contributed by atoms with Gasteiger partial charge in [0.2, 0.25) is 5.91 Å². The van der Waals surface area contributed by atoms with Crippen molar-refractivity contribution in [2.45, 2.75) is 57.5 Å². The molecule has 2 rings (SSSR count). The van der Waals surface area contributed by atoms with Gasteiger partial charge in [0, 0.05) is 24.5 Å². The normalized spacial score (nSPS) is 17.6. The molecule has 0 aliphatic heterocycles. The van der Waals surface area contributed by atoms with Crippen LogP contribution < -0.4 is 16.0 Å². The van der Waals surface area contributed by atoms with Crippen molar-refractivity contribution in [3.05, 3.63) is 24.3 Å². The quantitative estimate of drug-likeness (QED) is 0.895. The van der Waals surface area contributed by atoms with Crippen LogP contribution in [0.5, 0.6) is 0 Å². The predicted octanol–water partition coefficient (Wildman–Crippen LogP) is 3.13. The standard InChI is InChI=1S/C17H27N3O/c1-13(2)20(3)15-9-7-8-14(12-15)19-16(21)17(18)10-5-4-6-11-17/h7-9,12-13H,4-6,10-11,18H2,1-3H3,(H,19,21). The summed E-state index contributed by atoms with van der Waals surface area (Å²) in [7, 11) is 2.05. The lowest BCUT2D eigenvalue weighted by atomic mass is 9.82. The summed E-state index contributed by atoms with van der Waals surface area (Å²) < 4.78 is 0. The van der Waals surface area contributed by atoms with Crippen molar-refractivity contribution in [3.8, 4) is 0 Å². The van der Waals surface area contributed by atoms with Crippen LogP contribution in [0.2, 0.25) is 0 Å². The van der Waals surface area contributed by atoms with Gasteiger partial charge in [-0.1, -0.05) is 25.3 Å². The average Bonchev–Trinajstić information content (AvgIpc) is 2.47. The summed E-state index contributed by atoms with van der Waals surface area (Å²) in [6.45, 7) is 4.28. The van der Waals surface area contributed by atoms with E-state index in [0.29, 0.717) is 6.04 Å². The number of hydrogen-bond donors (Lipinski definition) is 2. The number of amides is 1. The highest BCUT2D eigenvalue weighted by Gasteiger charge is 2.35. The minimum Gasteiger partial charge on any atom is -0.372 e. The molecule has 1 aliphatic carbocycles. The first-order valence-corrected chi connectivity index (χ1v) is 7.85. The van der Waals surface area contributed by atoms with Crippen molar-refractivity contribution in [2.75, 3.05) is 17.3 Å². The monoisotopic (exact) mass is 289 g/mol. The molecule has 4 nitrogen and oxygen atoms in total. The second-order valence-corrected chi connectivity index (χ2v) is 6.43. The Morgan fingerprint density at radius 2 is 1.95 bits per heavy atom. The first-order valence-electron chi connectivity index (χ1n) is 7.85. The van der Waals surface area contributed by atoms with Gasteiger partial charge in [-0.05, 0) is 44.9 Å². The second kappa shape index (κ2) is 6.48. The van der Waals surface area contributed by atoms with E-state index in [2.05, 4.69) is 37.2 Å². The van der Waals surface area contributed by atoms with Gasteiger partial charge in [-0.3, -0.25) is 4.79 Å². The number of carbonyl (C=O) groups excluding carboxylic acids is 1. The molecule has 1 fully saturated rings. The van der Waals surface area contributed by atoms with Crippen LogP contribution in [-0.2, 0) is 4.79 Å². The fourth-order valence-corrected chi connectivity index (χ4v) is 2.77. The molecule has 0 heterocycles. The Hall–Kier alpha value is -1.55. The number of hydrogen-bond acceptors (Lipinski definition) is 3. The minimum absolute atomic E-state index is 0.0495. The molecule has 1 aliphatic rings. The summed E-state index contributed by atoms with van der Waals surface area (Å²) in [5.41, 5.74) is 7.49. The molecule has 0 spiro atoms. The molecule has 3 N–H and O–H groups in total. The molecule has 0 radical (unpaired) electrons. The molecule has 0 unspecified atom stereocenters. The van der Waals surface area contributed by atoms with Gasteiger partial charge in [0.25, 0.3) is 0 Å². The summed E-state index contributed by atoms with van der Waals surface area (Å²) in [6, 6.07) is 8.35. The SMILES string of the molecule is CC(C)N(C)c1cccc(NC(=O)C2(N)CCCCC2)c1. The highest BCUT2D eigenvalue weighted by molar-refractivity contribution is 5.98. The van der Waals surface area contributed by atoms with E-state index in [1.807, 2.05) is 18.2 Å². The number of nitrogens with zero attached hydrogens (tertiary/aromatic N) is 1. The van der Waals surface area contributed by atoms with Crippen molar-refractivity contribution < 1.29 is 4.79 Å². The Balaban J connectivity index is 2.09. The van der Waals surface area contributed by atoms with Crippen LogP contribution in [0.3, 0.4) is 0 Å². The maximum Gasteiger partial charge on any atom is 0.244 e.